The Morgan fingerprint density at radius 3 is 2.60 bits per heavy atom. The number of unbranched alkanes of at least 4 members (excludes halogenated alkanes) is 1. The Hall–Kier alpha value is -1.40. The van der Waals surface area contributed by atoms with Crippen molar-refractivity contribution in [2.24, 2.45) is 0 Å². The highest BCUT2D eigenvalue weighted by molar-refractivity contribution is 7.23. The lowest BCUT2D eigenvalue weighted by atomic mass is 9.94. The third-order valence-corrected chi connectivity index (χ3v) is 5.69. The summed E-state index contributed by atoms with van der Waals surface area (Å²) in [4.78, 5) is 0. The summed E-state index contributed by atoms with van der Waals surface area (Å²) in [6, 6.07) is 5.31. The first kappa shape index (κ1) is 21.6. The van der Waals surface area contributed by atoms with Crippen LogP contribution in [0.4, 0.5) is 4.39 Å². The number of hydrogen-bond acceptors (Lipinski definition) is 1. The van der Waals surface area contributed by atoms with Crippen LogP contribution < -0.4 is 5.32 Å². The Morgan fingerprint density at radius 1 is 1.36 bits per heavy atom. The predicted octanol–water partition coefficient (Wildman–Crippen LogP) is 6.45. The number of allylic oxidation sites excluding steroid dienone is 4. The first-order valence-electron chi connectivity index (χ1n) is 9.09. The molecular formula is C22H33FNP. The van der Waals surface area contributed by atoms with Crippen LogP contribution in [0.3, 0.4) is 0 Å². The van der Waals surface area contributed by atoms with Crippen LogP contribution in [-0.4, -0.2) is 6.04 Å². The maximum atomic E-state index is 14.4. The Morgan fingerprint density at radius 2 is 2.04 bits per heavy atom. The Balaban J connectivity index is 3.17. The highest BCUT2D eigenvalue weighted by Crippen LogP contribution is 2.27. The average Bonchev–Trinajstić information content (AvgIpc) is 2.60. The molecule has 0 fully saturated rings. The fourth-order valence-electron chi connectivity index (χ4n) is 2.80. The van der Waals surface area contributed by atoms with Crippen LogP contribution in [0.15, 0.2) is 53.0 Å². The van der Waals surface area contributed by atoms with E-state index in [1.54, 1.807) is 12.1 Å². The largest absolute Gasteiger partial charge is 0.382 e. The van der Waals surface area contributed by atoms with Gasteiger partial charge in [-0.15, -0.1) is 9.24 Å². The molecule has 1 N–H and O–H groups in total. The van der Waals surface area contributed by atoms with Gasteiger partial charge in [0.15, 0.2) is 0 Å². The van der Waals surface area contributed by atoms with Gasteiger partial charge < -0.3 is 5.32 Å². The summed E-state index contributed by atoms with van der Waals surface area (Å²) in [5.74, 6) is -0.133. The van der Waals surface area contributed by atoms with E-state index in [9.17, 15) is 4.39 Å². The zero-order valence-corrected chi connectivity index (χ0v) is 17.5. The van der Waals surface area contributed by atoms with Crippen LogP contribution in [0, 0.1) is 12.7 Å². The molecule has 1 aromatic rings. The minimum Gasteiger partial charge on any atom is -0.382 e. The number of nitrogens with one attached hydrogen (secondary N) is 1. The van der Waals surface area contributed by atoms with Gasteiger partial charge in [0.25, 0.3) is 0 Å². The molecule has 25 heavy (non-hydrogen) atoms. The number of rotatable bonds is 9. The summed E-state index contributed by atoms with van der Waals surface area (Å²) in [6.07, 6.45) is 5.92. The molecule has 1 nitrogen and oxygen atoms in total. The van der Waals surface area contributed by atoms with Gasteiger partial charge in [0.2, 0.25) is 0 Å². The van der Waals surface area contributed by atoms with Crippen molar-refractivity contribution in [1.29, 1.82) is 0 Å². The lowest BCUT2D eigenvalue weighted by Gasteiger charge is -2.25. The lowest BCUT2D eigenvalue weighted by molar-refractivity contribution is 0.563. The monoisotopic (exact) mass is 361 g/mol. The van der Waals surface area contributed by atoms with E-state index < -0.39 is 0 Å². The van der Waals surface area contributed by atoms with E-state index in [4.69, 9.17) is 0 Å². The highest BCUT2D eigenvalue weighted by atomic mass is 31.0. The van der Waals surface area contributed by atoms with Crippen LogP contribution in [0.2, 0.25) is 0 Å². The van der Waals surface area contributed by atoms with Gasteiger partial charge in [0.05, 0.1) is 6.04 Å². The van der Waals surface area contributed by atoms with E-state index >= 15 is 0 Å². The van der Waals surface area contributed by atoms with E-state index in [0.717, 1.165) is 36.1 Å². The van der Waals surface area contributed by atoms with Crippen molar-refractivity contribution < 1.29 is 4.39 Å². The molecule has 1 rings (SSSR count). The quantitative estimate of drug-likeness (QED) is 0.393. The van der Waals surface area contributed by atoms with Gasteiger partial charge in [-0.1, -0.05) is 38.1 Å². The lowest BCUT2D eigenvalue weighted by Crippen LogP contribution is -2.32. The van der Waals surface area contributed by atoms with Gasteiger partial charge in [-0.05, 0) is 80.6 Å². The minimum atomic E-state index is -0.133. The molecular weight excluding hydrogens is 328 g/mol. The normalized spacial score (nSPS) is 14.1. The Bertz CT molecular complexity index is 638. The molecule has 0 saturated carbocycles. The fourth-order valence-corrected chi connectivity index (χ4v) is 3.17. The summed E-state index contributed by atoms with van der Waals surface area (Å²) >= 11 is 0. The van der Waals surface area contributed by atoms with Crippen LogP contribution in [0.1, 0.15) is 58.1 Å². The molecule has 3 heteroatoms. The molecule has 2 unspecified atom stereocenters. The summed E-state index contributed by atoms with van der Waals surface area (Å²) in [5.41, 5.74) is 5.22. The average molecular weight is 361 g/mol. The second-order valence-corrected chi connectivity index (χ2v) is 7.29. The van der Waals surface area contributed by atoms with E-state index in [-0.39, 0.29) is 11.9 Å². The van der Waals surface area contributed by atoms with Crippen molar-refractivity contribution in [3.05, 3.63) is 70.0 Å². The third-order valence-electron chi connectivity index (χ3n) is 4.78. The van der Waals surface area contributed by atoms with Crippen LogP contribution >= 0.6 is 9.24 Å². The first-order valence-corrected chi connectivity index (χ1v) is 9.67. The number of halogens is 1. The topological polar surface area (TPSA) is 12.0 Å². The maximum absolute atomic E-state index is 14.4. The fraction of sp³-hybridized carbons (Fsp3) is 0.455. The molecule has 0 heterocycles. The molecule has 0 aromatic heterocycles. The molecule has 0 aliphatic heterocycles. The van der Waals surface area contributed by atoms with E-state index in [2.05, 4.69) is 48.0 Å². The second-order valence-electron chi connectivity index (χ2n) is 6.71. The smallest absolute Gasteiger partial charge is 0.126 e. The number of hydrogen-bond donors (Lipinski definition) is 1. The molecule has 0 bridgehead atoms. The van der Waals surface area contributed by atoms with Crippen LogP contribution in [0.5, 0.6) is 0 Å². The molecule has 0 aliphatic rings. The minimum absolute atomic E-state index is 0.0300. The molecule has 1 aromatic carbocycles. The van der Waals surface area contributed by atoms with Crippen molar-refractivity contribution in [3.63, 3.8) is 0 Å². The first-order chi connectivity index (χ1) is 11.8. The van der Waals surface area contributed by atoms with Crippen LogP contribution in [0.25, 0.3) is 0 Å². The third kappa shape index (κ3) is 6.44. The van der Waals surface area contributed by atoms with Gasteiger partial charge in [-0.2, -0.15) is 0 Å². The van der Waals surface area contributed by atoms with Gasteiger partial charge in [0, 0.05) is 5.70 Å². The molecule has 2 atom stereocenters. The molecule has 0 radical (unpaired) electrons. The van der Waals surface area contributed by atoms with Crippen molar-refractivity contribution in [1.82, 2.24) is 5.32 Å². The van der Waals surface area contributed by atoms with Gasteiger partial charge in [-0.25, -0.2) is 4.39 Å². The molecule has 0 spiro atoms. The van der Waals surface area contributed by atoms with Gasteiger partial charge in [-0.3, -0.25) is 0 Å². The molecule has 138 valence electrons. The standard InChI is InChI=1S/C22H33FNP/c1-7-9-12-17(5)24-21(18(6)22(25)15(3)8-2)14-19-16(4)11-10-13-20(19)23/h8,10-11,13,21,24H,5,7,9,12,14,25H2,1-4,6H3/b15-8-,22-18-. The van der Waals surface area contributed by atoms with Crippen molar-refractivity contribution >= 4 is 9.24 Å². The SMILES string of the molecule is C=C(CCCC)NC(Cc1c(C)cccc1F)/C(C)=C(P)/C(C)=C\C. The zero-order chi connectivity index (χ0) is 19.0. The van der Waals surface area contributed by atoms with Crippen molar-refractivity contribution in [3.8, 4) is 0 Å². The summed E-state index contributed by atoms with van der Waals surface area (Å²) in [7, 11) is 2.84. The van der Waals surface area contributed by atoms with Crippen LogP contribution in [-0.2, 0) is 6.42 Å². The number of aryl methyl sites for hydroxylation is 1. The van der Waals surface area contributed by atoms with Crippen molar-refractivity contribution in [2.75, 3.05) is 0 Å². The molecule has 0 saturated heterocycles. The second kappa shape index (κ2) is 10.6. The van der Waals surface area contributed by atoms with Gasteiger partial charge in [0.1, 0.15) is 5.82 Å². The summed E-state index contributed by atoms with van der Waals surface area (Å²) < 4.78 is 14.4. The van der Waals surface area contributed by atoms with Gasteiger partial charge >= 0.3 is 0 Å². The maximum Gasteiger partial charge on any atom is 0.126 e. The summed E-state index contributed by atoms with van der Waals surface area (Å²) in [5, 5.41) is 4.73. The molecule has 0 aliphatic carbocycles. The number of benzene rings is 1. The Labute approximate surface area is 155 Å². The van der Waals surface area contributed by atoms with E-state index in [1.165, 1.54) is 16.5 Å². The van der Waals surface area contributed by atoms with E-state index in [0.29, 0.717) is 6.42 Å². The summed E-state index contributed by atoms with van der Waals surface area (Å²) in [6.45, 7) is 14.6. The Kier molecular flexibility index (Phi) is 9.14. The molecule has 0 amide bonds. The predicted molar refractivity (Wildman–Crippen MR) is 112 cm³/mol. The highest BCUT2D eigenvalue weighted by Gasteiger charge is 2.18. The van der Waals surface area contributed by atoms with E-state index in [1.807, 2.05) is 19.9 Å². The van der Waals surface area contributed by atoms with Crippen molar-refractivity contribution in [2.45, 2.75) is 66.3 Å². The zero-order valence-electron chi connectivity index (χ0n) is 16.4.